The minimum atomic E-state index is -0.833. The van der Waals surface area contributed by atoms with Crippen LogP contribution in [0.3, 0.4) is 0 Å². The molecular weight excluding hydrogens is 218 g/mol. The molecule has 1 heterocycles. The summed E-state index contributed by atoms with van der Waals surface area (Å²) in [5.41, 5.74) is 13.8. The molecule has 0 aliphatic carbocycles. The normalized spacial score (nSPS) is 17.1. The average Bonchev–Trinajstić information content (AvgIpc) is 2.33. The van der Waals surface area contributed by atoms with Crippen molar-refractivity contribution >= 4 is 17.5 Å². The molecule has 2 rings (SSSR count). The van der Waals surface area contributed by atoms with Gasteiger partial charge in [0.25, 0.3) is 0 Å². The van der Waals surface area contributed by atoms with E-state index in [-0.39, 0.29) is 0 Å². The second kappa shape index (κ2) is 4.53. The fourth-order valence-corrected chi connectivity index (χ4v) is 2.25. The first kappa shape index (κ1) is 11.6. The van der Waals surface area contributed by atoms with Gasteiger partial charge in [0.2, 0.25) is 0 Å². The number of amides is 1. The monoisotopic (exact) mass is 235 g/mol. The Bertz CT molecular complexity index is 426. The molecule has 0 aromatic heterocycles. The lowest BCUT2D eigenvalue weighted by Crippen LogP contribution is -2.36. The Morgan fingerprint density at radius 2 is 1.88 bits per heavy atom. The van der Waals surface area contributed by atoms with Gasteiger partial charge in [-0.1, -0.05) is 6.07 Å². The molecule has 1 aliphatic heterocycles. The first-order valence-corrected chi connectivity index (χ1v) is 5.70. The van der Waals surface area contributed by atoms with E-state index in [9.17, 15) is 4.79 Å². The maximum Gasteiger partial charge on any atom is 0.407 e. The van der Waals surface area contributed by atoms with E-state index in [1.165, 1.54) is 4.90 Å². The van der Waals surface area contributed by atoms with Gasteiger partial charge in [0.05, 0.1) is 11.4 Å². The minimum Gasteiger partial charge on any atom is -0.465 e. The molecule has 0 radical (unpaired) electrons. The molecule has 5 N–H and O–H groups in total. The van der Waals surface area contributed by atoms with Crippen molar-refractivity contribution in [2.45, 2.75) is 18.8 Å². The summed E-state index contributed by atoms with van der Waals surface area (Å²) in [5.74, 6) is 0.383. The quantitative estimate of drug-likeness (QED) is 0.646. The van der Waals surface area contributed by atoms with E-state index in [1.54, 1.807) is 0 Å². The molecule has 1 aliphatic rings. The Kier molecular flexibility index (Phi) is 3.08. The summed E-state index contributed by atoms with van der Waals surface area (Å²) in [6.07, 6.45) is 0.853. The lowest BCUT2D eigenvalue weighted by Gasteiger charge is -2.30. The molecule has 1 amide bonds. The van der Waals surface area contributed by atoms with Crippen molar-refractivity contribution in [2.75, 3.05) is 24.6 Å². The van der Waals surface area contributed by atoms with Crippen LogP contribution in [0.25, 0.3) is 0 Å². The Morgan fingerprint density at radius 3 is 2.41 bits per heavy atom. The highest BCUT2D eigenvalue weighted by molar-refractivity contribution is 5.65. The number of hydrogen-bond donors (Lipinski definition) is 3. The van der Waals surface area contributed by atoms with Crippen LogP contribution >= 0.6 is 0 Å². The van der Waals surface area contributed by atoms with Crippen molar-refractivity contribution in [2.24, 2.45) is 0 Å². The van der Waals surface area contributed by atoms with Gasteiger partial charge in [-0.15, -0.1) is 0 Å². The van der Waals surface area contributed by atoms with Crippen LogP contribution in [0.2, 0.25) is 0 Å². The number of carboxylic acid groups (broad SMARTS) is 1. The highest BCUT2D eigenvalue weighted by Gasteiger charge is 2.23. The maximum atomic E-state index is 10.8. The van der Waals surface area contributed by atoms with E-state index >= 15 is 0 Å². The molecule has 0 saturated carbocycles. The van der Waals surface area contributed by atoms with E-state index in [4.69, 9.17) is 16.6 Å². The van der Waals surface area contributed by atoms with Crippen molar-refractivity contribution in [3.63, 3.8) is 0 Å². The SMILES string of the molecule is Nc1ccc(C2CCN(C(=O)O)CC2)cc1N. The van der Waals surface area contributed by atoms with Gasteiger partial charge in [-0.3, -0.25) is 0 Å². The molecule has 5 nitrogen and oxygen atoms in total. The number of nitrogen functional groups attached to an aromatic ring is 2. The molecule has 1 aromatic rings. The van der Waals surface area contributed by atoms with Gasteiger partial charge in [0.15, 0.2) is 0 Å². The predicted octanol–water partition coefficient (Wildman–Crippen LogP) is 1.71. The summed E-state index contributed by atoms with van der Waals surface area (Å²) >= 11 is 0. The topological polar surface area (TPSA) is 92.6 Å². The number of nitrogens with two attached hydrogens (primary N) is 2. The smallest absolute Gasteiger partial charge is 0.407 e. The van der Waals surface area contributed by atoms with Gasteiger partial charge in [-0.05, 0) is 36.5 Å². The van der Waals surface area contributed by atoms with Crippen LogP contribution in [0, 0.1) is 0 Å². The number of likely N-dealkylation sites (tertiary alicyclic amines) is 1. The molecule has 1 fully saturated rings. The van der Waals surface area contributed by atoms with Crippen LogP contribution in [0.4, 0.5) is 16.2 Å². The molecule has 1 aromatic carbocycles. The fourth-order valence-electron chi connectivity index (χ4n) is 2.25. The number of benzene rings is 1. The van der Waals surface area contributed by atoms with E-state index in [0.717, 1.165) is 18.4 Å². The van der Waals surface area contributed by atoms with Crippen molar-refractivity contribution < 1.29 is 9.90 Å². The van der Waals surface area contributed by atoms with Crippen LogP contribution in [-0.4, -0.2) is 29.2 Å². The van der Waals surface area contributed by atoms with Gasteiger partial charge in [0.1, 0.15) is 0 Å². The molecule has 0 bridgehead atoms. The van der Waals surface area contributed by atoms with E-state index in [2.05, 4.69) is 0 Å². The molecule has 0 unspecified atom stereocenters. The Balaban J connectivity index is 2.05. The number of rotatable bonds is 1. The summed E-state index contributed by atoms with van der Waals surface area (Å²) < 4.78 is 0. The zero-order valence-electron chi connectivity index (χ0n) is 9.60. The van der Waals surface area contributed by atoms with Crippen LogP contribution in [-0.2, 0) is 0 Å². The maximum absolute atomic E-state index is 10.8. The van der Waals surface area contributed by atoms with Crippen molar-refractivity contribution in [3.8, 4) is 0 Å². The Hall–Kier alpha value is -1.91. The number of carbonyl (C=O) groups is 1. The number of nitrogens with zero attached hydrogens (tertiary/aromatic N) is 1. The fraction of sp³-hybridized carbons (Fsp3) is 0.417. The molecular formula is C12H17N3O2. The summed E-state index contributed by atoms with van der Waals surface area (Å²) in [5, 5.41) is 8.86. The number of anilines is 2. The minimum absolute atomic E-state index is 0.383. The van der Waals surface area contributed by atoms with Gasteiger partial charge in [0, 0.05) is 13.1 Å². The van der Waals surface area contributed by atoms with E-state index in [0.29, 0.717) is 30.4 Å². The molecule has 1 saturated heterocycles. The standard InChI is InChI=1S/C12H17N3O2/c13-10-2-1-9(7-11(10)14)8-3-5-15(6-4-8)12(16)17/h1-2,7-8H,3-6,13-14H2,(H,16,17). The van der Waals surface area contributed by atoms with Crippen LogP contribution in [0.5, 0.6) is 0 Å². The van der Waals surface area contributed by atoms with Crippen LogP contribution < -0.4 is 11.5 Å². The first-order valence-electron chi connectivity index (χ1n) is 5.70. The molecule has 17 heavy (non-hydrogen) atoms. The molecule has 0 spiro atoms. The second-order valence-electron chi connectivity index (χ2n) is 4.43. The molecule has 92 valence electrons. The second-order valence-corrected chi connectivity index (χ2v) is 4.43. The van der Waals surface area contributed by atoms with Gasteiger partial charge >= 0.3 is 6.09 Å². The van der Waals surface area contributed by atoms with Gasteiger partial charge in [-0.2, -0.15) is 0 Å². The molecule has 0 atom stereocenters. The third-order valence-electron chi connectivity index (χ3n) is 3.35. The highest BCUT2D eigenvalue weighted by Crippen LogP contribution is 2.30. The van der Waals surface area contributed by atoms with E-state index < -0.39 is 6.09 Å². The van der Waals surface area contributed by atoms with Crippen LogP contribution in [0.15, 0.2) is 18.2 Å². The number of hydrogen-bond acceptors (Lipinski definition) is 3. The Morgan fingerprint density at radius 1 is 1.24 bits per heavy atom. The lowest BCUT2D eigenvalue weighted by atomic mass is 9.89. The van der Waals surface area contributed by atoms with E-state index in [1.807, 2.05) is 18.2 Å². The third-order valence-corrected chi connectivity index (χ3v) is 3.35. The third kappa shape index (κ3) is 2.43. The molecule has 5 heteroatoms. The summed E-state index contributed by atoms with van der Waals surface area (Å²) in [7, 11) is 0. The van der Waals surface area contributed by atoms with Gasteiger partial charge in [-0.25, -0.2) is 4.79 Å². The average molecular weight is 235 g/mol. The van der Waals surface area contributed by atoms with Gasteiger partial charge < -0.3 is 21.5 Å². The first-order chi connectivity index (χ1) is 8.08. The highest BCUT2D eigenvalue weighted by atomic mass is 16.4. The Labute approximate surface area is 100 Å². The largest absolute Gasteiger partial charge is 0.465 e. The summed E-state index contributed by atoms with van der Waals surface area (Å²) in [6.45, 7) is 1.18. The lowest BCUT2D eigenvalue weighted by molar-refractivity contribution is 0.132. The zero-order valence-corrected chi connectivity index (χ0v) is 9.60. The van der Waals surface area contributed by atoms with Crippen molar-refractivity contribution in [3.05, 3.63) is 23.8 Å². The van der Waals surface area contributed by atoms with Crippen molar-refractivity contribution in [1.29, 1.82) is 0 Å². The summed E-state index contributed by atoms with van der Waals surface area (Å²) in [6, 6.07) is 5.69. The predicted molar refractivity (Wildman–Crippen MR) is 66.8 cm³/mol. The van der Waals surface area contributed by atoms with Crippen LogP contribution in [0.1, 0.15) is 24.3 Å². The van der Waals surface area contributed by atoms with Crippen molar-refractivity contribution in [1.82, 2.24) is 4.90 Å². The summed E-state index contributed by atoms with van der Waals surface area (Å²) in [4.78, 5) is 12.2. The zero-order chi connectivity index (χ0) is 12.4. The number of piperidine rings is 1.